The molecule has 0 aliphatic carbocycles. The molecule has 3 rings (SSSR count). The molecule has 5 N–H and O–H groups in total. The van der Waals surface area contributed by atoms with Crippen LogP contribution in [0.4, 0.5) is 5.95 Å². The van der Waals surface area contributed by atoms with Gasteiger partial charge in [-0.1, -0.05) is 0 Å². The summed E-state index contributed by atoms with van der Waals surface area (Å²) in [4.78, 5) is 33.5. The van der Waals surface area contributed by atoms with Crippen molar-refractivity contribution >= 4 is 17.0 Å². The highest BCUT2D eigenvalue weighted by Gasteiger charge is 2.35. The molecule has 0 spiro atoms. The number of aromatic amines is 1. The minimum Gasteiger partial charge on any atom is -0.394 e. The second-order valence-electron chi connectivity index (χ2n) is 4.72. The Hall–Kier alpha value is -2.30. The van der Waals surface area contributed by atoms with E-state index < -0.39 is 29.6 Å². The first kappa shape index (κ1) is 13.7. The Balaban J connectivity index is 2.18. The van der Waals surface area contributed by atoms with Crippen molar-refractivity contribution in [2.24, 2.45) is 0 Å². The van der Waals surface area contributed by atoms with Crippen molar-refractivity contribution in [1.29, 1.82) is 0 Å². The van der Waals surface area contributed by atoms with E-state index in [4.69, 9.17) is 15.6 Å². The van der Waals surface area contributed by atoms with Gasteiger partial charge in [0.05, 0.1) is 19.0 Å². The number of nitrogens with two attached hydrogens (primary N) is 1. The molecule has 21 heavy (non-hydrogen) atoms. The lowest BCUT2D eigenvalue weighted by Gasteiger charge is -2.13. The van der Waals surface area contributed by atoms with Crippen LogP contribution in [0.3, 0.4) is 0 Å². The van der Waals surface area contributed by atoms with Crippen LogP contribution in [-0.4, -0.2) is 48.5 Å². The third-order valence-electron chi connectivity index (χ3n) is 3.37. The summed E-state index contributed by atoms with van der Waals surface area (Å²) in [5.41, 5.74) is 3.82. The van der Waals surface area contributed by atoms with Crippen molar-refractivity contribution in [3.05, 3.63) is 27.0 Å². The summed E-state index contributed by atoms with van der Waals surface area (Å²) < 4.78 is 6.78. The van der Waals surface area contributed by atoms with Gasteiger partial charge in [-0.05, 0) is 0 Å². The highest BCUT2D eigenvalue weighted by molar-refractivity contribution is 5.72. The second kappa shape index (κ2) is 4.91. The van der Waals surface area contributed by atoms with Crippen LogP contribution in [0.2, 0.25) is 0 Å². The van der Waals surface area contributed by atoms with Crippen molar-refractivity contribution in [3.63, 3.8) is 0 Å². The van der Waals surface area contributed by atoms with Crippen LogP contribution in [0.25, 0.3) is 11.0 Å². The molecule has 10 heteroatoms. The van der Waals surface area contributed by atoms with Crippen LogP contribution in [0, 0.1) is 0 Å². The van der Waals surface area contributed by atoms with Crippen molar-refractivity contribution < 1.29 is 14.9 Å². The molecule has 10 nitrogen and oxygen atoms in total. The average Bonchev–Trinajstić information content (AvgIpc) is 2.98. The van der Waals surface area contributed by atoms with Crippen LogP contribution in [0.15, 0.2) is 15.9 Å². The molecule has 112 valence electrons. The number of fused-ring (bicyclic) bond motifs is 1. The molecule has 3 atom stereocenters. The number of hydrogen-bond acceptors (Lipinski definition) is 8. The number of nitrogen functional groups attached to an aromatic ring is 1. The predicted molar refractivity (Wildman–Crippen MR) is 70.5 cm³/mol. The van der Waals surface area contributed by atoms with Gasteiger partial charge in [-0.2, -0.15) is 4.98 Å². The maximum absolute atomic E-state index is 12.1. The Morgan fingerprint density at radius 2 is 2.29 bits per heavy atom. The molecule has 2 aromatic heterocycles. The van der Waals surface area contributed by atoms with Gasteiger partial charge in [0, 0.05) is 6.42 Å². The van der Waals surface area contributed by atoms with Gasteiger partial charge in [-0.15, -0.1) is 0 Å². The highest BCUT2D eigenvalue weighted by atomic mass is 16.5. The Morgan fingerprint density at radius 1 is 1.52 bits per heavy atom. The minimum atomic E-state index is -0.871. The summed E-state index contributed by atoms with van der Waals surface area (Å²) in [5.74, 6) is -0.310. The number of hydrogen-bond donors (Lipinski definition) is 4. The van der Waals surface area contributed by atoms with Crippen LogP contribution in [-0.2, 0) is 4.74 Å². The third kappa shape index (κ3) is 2.18. The number of aliphatic hydroxyl groups excluding tert-OH is 2. The van der Waals surface area contributed by atoms with Gasteiger partial charge in [-0.25, -0.2) is 4.98 Å². The largest absolute Gasteiger partial charge is 0.394 e. The van der Waals surface area contributed by atoms with E-state index in [1.54, 1.807) is 0 Å². The fourth-order valence-corrected chi connectivity index (χ4v) is 2.38. The number of aromatic nitrogens is 4. The number of nitrogens with zero attached hydrogens (tertiary/aromatic N) is 3. The number of ether oxygens (including phenoxy) is 1. The van der Waals surface area contributed by atoms with Crippen LogP contribution in [0.1, 0.15) is 12.6 Å². The zero-order valence-electron chi connectivity index (χ0n) is 10.8. The smallest absolute Gasteiger partial charge is 0.301 e. The molecule has 1 aliphatic heterocycles. The van der Waals surface area contributed by atoms with E-state index in [1.165, 1.54) is 10.9 Å². The zero-order valence-corrected chi connectivity index (χ0v) is 10.8. The van der Waals surface area contributed by atoms with Gasteiger partial charge < -0.3 is 20.7 Å². The number of rotatable bonds is 2. The summed E-state index contributed by atoms with van der Waals surface area (Å²) in [5, 5.41) is 18.8. The molecule has 1 saturated heterocycles. The number of H-pyrrole nitrogens is 1. The molecule has 0 aromatic carbocycles. The topological polar surface area (TPSA) is 156 Å². The van der Waals surface area contributed by atoms with Gasteiger partial charge in [0.15, 0.2) is 5.52 Å². The fraction of sp³-hybridized carbons (Fsp3) is 0.455. The summed E-state index contributed by atoms with van der Waals surface area (Å²) in [7, 11) is 0. The highest BCUT2D eigenvalue weighted by Crippen LogP contribution is 2.29. The molecule has 2 aromatic rings. The van der Waals surface area contributed by atoms with Crippen molar-refractivity contribution in [3.8, 4) is 0 Å². The zero-order chi connectivity index (χ0) is 15.1. The Kier molecular flexibility index (Phi) is 3.20. The summed E-state index contributed by atoms with van der Waals surface area (Å²) in [6.07, 6.45) is -0.920. The molecule has 0 amide bonds. The van der Waals surface area contributed by atoms with E-state index in [0.717, 1.165) is 0 Å². The van der Waals surface area contributed by atoms with Gasteiger partial charge in [0.2, 0.25) is 5.95 Å². The molecule has 1 aliphatic rings. The summed E-state index contributed by atoms with van der Waals surface area (Å²) in [6, 6.07) is 0. The van der Waals surface area contributed by atoms with E-state index in [9.17, 15) is 14.7 Å². The van der Waals surface area contributed by atoms with E-state index in [-0.39, 0.29) is 30.0 Å². The van der Waals surface area contributed by atoms with Crippen molar-refractivity contribution in [2.45, 2.75) is 24.9 Å². The summed E-state index contributed by atoms with van der Waals surface area (Å²) >= 11 is 0. The Morgan fingerprint density at radius 3 is 2.95 bits per heavy atom. The lowest BCUT2D eigenvalue weighted by atomic mass is 10.2. The minimum absolute atomic E-state index is 0.0417. The molecule has 1 fully saturated rings. The molecule has 1 unspecified atom stereocenters. The van der Waals surface area contributed by atoms with Crippen LogP contribution >= 0.6 is 0 Å². The number of anilines is 1. The molecular formula is C11H13N5O5. The lowest BCUT2D eigenvalue weighted by Crippen LogP contribution is -2.24. The van der Waals surface area contributed by atoms with E-state index in [1.807, 2.05) is 0 Å². The quantitative estimate of drug-likeness (QED) is 0.482. The number of aliphatic hydroxyl groups is 2. The molecular weight excluding hydrogens is 282 g/mol. The van der Waals surface area contributed by atoms with Crippen molar-refractivity contribution in [1.82, 2.24) is 19.5 Å². The molecule has 0 radical (unpaired) electrons. The van der Waals surface area contributed by atoms with Gasteiger partial charge >= 0.3 is 5.56 Å². The summed E-state index contributed by atoms with van der Waals surface area (Å²) in [6.45, 7) is -0.351. The first-order chi connectivity index (χ1) is 10.0. The van der Waals surface area contributed by atoms with E-state index in [0.29, 0.717) is 0 Å². The SMILES string of the molecule is Nc1nc(=O)c2ncn([C@@H]3CC(O)[C@H](CO)O3)c2c(=O)[nH]1. The van der Waals surface area contributed by atoms with Gasteiger partial charge in [-0.3, -0.25) is 19.1 Å². The van der Waals surface area contributed by atoms with Crippen LogP contribution in [0.5, 0.6) is 0 Å². The second-order valence-corrected chi connectivity index (χ2v) is 4.72. The standard InChI is InChI=1S/C11H13N5O5/c12-11-14-9(19)7-8(10(20)15-11)16(3-13-7)6-1-4(18)5(2-17)21-6/h3-6,17-18H,1-2H2,(H3,12,14,15,19,20)/t4?,5-,6-/m0/s1. The number of imidazole rings is 1. The van der Waals surface area contributed by atoms with E-state index in [2.05, 4.69) is 15.0 Å². The first-order valence-corrected chi connectivity index (χ1v) is 6.22. The normalized spacial score (nSPS) is 25.5. The fourth-order valence-electron chi connectivity index (χ4n) is 2.38. The van der Waals surface area contributed by atoms with E-state index >= 15 is 0 Å². The maximum atomic E-state index is 12.1. The average molecular weight is 295 g/mol. The Labute approximate surface area is 116 Å². The first-order valence-electron chi connectivity index (χ1n) is 6.22. The molecule has 0 saturated carbocycles. The monoisotopic (exact) mass is 295 g/mol. The molecule has 3 heterocycles. The molecule has 0 bridgehead atoms. The van der Waals surface area contributed by atoms with Gasteiger partial charge in [0.1, 0.15) is 17.8 Å². The predicted octanol–water partition coefficient (Wildman–Crippen LogP) is -2.30. The third-order valence-corrected chi connectivity index (χ3v) is 3.37. The number of nitrogens with one attached hydrogen (secondary N) is 1. The maximum Gasteiger partial charge on any atom is 0.301 e. The van der Waals surface area contributed by atoms with Crippen LogP contribution < -0.4 is 16.9 Å². The lowest BCUT2D eigenvalue weighted by molar-refractivity contribution is -0.0431. The van der Waals surface area contributed by atoms with Crippen molar-refractivity contribution in [2.75, 3.05) is 12.3 Å². The Bertz CT molecular complexity index is 800. The van der Waals surface area contributed by atoms with Gasteiger partial charge in [0.25, 0.3) is 5.56 Å².